The molecule has 6 nitrogen and oxygen atoms in total. The molecule has 156 valence electrons. The number of fused-ring (bicyclic) bond motifs is 2. The van der Waals surface area contributed by atoms with Gasteiger partial charge in [-0.1, -0.05) is 0 Å². The van der Waals surface area contributed by atoms with Crippen molar-refractivity contribution in [1.29, 1.82) is 0 Å². The SMILES string of the molecule is O=C(OCC1CCC(COC(=O)[C@H]2CC[C@@H]3O[C@@H]3C2)CC1)[C@@H]1CC[C@H]2O[C@@H]2C1. The second-order valence-electron chi connectivity index (χ2n) is 9.59. The summed E-state index contributed by atoms with van der Waals surface area (Å²) in [5.41, 5.74) is 0. The number of esters is 2. The van der Waals surface area contributed by atoms with Crippen LogP contribution >= 0.6 is 0 Å². The molecule has 5 rings (SSSR count). The zero-order chi connectivity index (χ0) is 19.1. The Hall–Kier alpha value is -1.14. The van der Waals surface area contributed by atoms with E-state index in [0.29, 0.717) is 49.5 Å². The van der Waals surface area contributed by atoms with Gasteiger partial charge in [0.25, 0.3) is 0 Å². The fourth-order valence-corrected chi connectivity index (χ4v) is 5.44. The summed E-state index contributed by atoms with van der Waals surface area (Å²) in [7, 11) is 0. The van der Waals surface area contributed by atoms with Gasteiger partial charge in [-0.05, 0) is 76.0 Å². The zero-order valence-electron chi connectivity index (χ0n) is 16.6. The van der Waals surface area contributed by atoms with E-state index < -0.39 is 0 Å². The van der Waals surface area contributed by atoms with Crippen LogP contribution in [0.15, 0.2) is 0 Å². The number of carbonyl (C=O) groups is 2. The van der Waals surface area contributed by atoms with Crippen LogP contribution in [0.4, 0.5) is 0 Å². The number of rotatable bonds is 6. The summed E-state index contributed by atoms with van der Waals surface area (Å²) < 4.78 is 22.2. The minimum absolute atomic E-state index is 0.0284. The Balaban J connectivity index is 0.961. The van der Waals surface area contributed by atoms with Crippen LogP contribution in [0.5, 0.6) is 0 Å². The van der Waals surface area contributed by atoms with Gasteiger partial charge >= 0.3 is 11.9 Å². The molecule has 3 aliphatic carbocycles. The van der Waals surface area contributed by atoms with Crippen molar-refractivity contribution in [2.45, 2.75) is 88.6 Å². The first kappa shape index (κ1) is 18.9. The quantitative estimate of drug-likeness (QED) is 0.511. The molecule has 0 bridgehead atoms. The maximum atomic E-state index is 12.3. The Morgan fingerprint density at radius 1 is 0.607 bits per heavy atom. The van der Waals surface area contributed by atoms with E-state index in [2.05, 4.69) is 0 Å². The molecule has 2 heterocycles. The maximum absolute atomic E-state index is 12.3. The highest BCUT2D eigenvalue weighted by Gasteiger charge is 2.47. The Kier molecular flexibility index (Phi) is 5.35. The van der Waals surface area contributed by atoms with Crippen molar-refractivity contribution in [2.75, 3.05) is 13.2 Å². The monoisotopic (exact) mass is 392 g/mol. The standard InChI is InChI=1S/C22H32O6/c23-21(15-5-7-17-19(9-15)27-17)25-11-13-1-2-14(4-3-13)12-26-22(24)16-6-8-18-20(10-16)28-18/h13-20H,1-12H2/t13?,14?,15-,16+,17-,18+,19-,20-/m1/s1. The smallest absolute Gasteiger partial charge is 0.309 e. The number of hydrogen-bond acceptors (Lipinski definition) is 6. The molecular weight excluding hydrogens is 360 g/mol. The van der Waals surface area contributed by atoms with E-state index in [1.54, 1.807) is 0 Å². The lowest BCUT2D eigenvalue weighted by Crippen LogP contribution is -2.29. The summed E-state index contributed by atoms with van der Waals surface area (Å²) in [6, 6.07) is 0. The Morgan fingerprint density at radius 3 is 1.43 bits per heavy atom. The lowest BCUT2D eigenvalue weighted by molar-refractivity contribution is -0.153. The fraction of sp³-hybridized carbons (Fsp3) is 0.909. The largest absolute Gasteiger partial charge is 0.465 e. The molecule has 0 unspecified atom stereocenters. The van der Waals surface area contributed by atoms with Crippen molar-refractivity contribution >= 4 is 11.9 Å². The minimum Gasteiger partial charge on any atom is -0.465 e. The lowest BCUT2D eigenvalue weighted by Gasteiger charge is -2.29. The number of ether oxygens (including phenoxy) is 4. The molecule has 3 saturated carbocycles. The van der Waals surface area contributed by atoms with E-state index in [0.717, 1.165) is 64.2 Å². The number of epoxide rings is 2. The van der Waals surface area contributed by atoms with Crippen LogP contribution < -0.4 is 0 Å². The Morgan fingerprint density at radius 2 is 1.04 bits per heavy atom. The van der Waals surface area contributed by atoms with Crippen molar-refractivity contribution in [3.05, 3.63) is 0 Å². The van der Waals surface area contributed by atoms with Crippen molar-refractivity contribution in [3.8, 4) is 0 Å². The van der Waals surface area contributed by atoms with Gasteiger partial charge in [-0.15, -0.1) is 0 Å². The lowest BCUT2D eigenvalue weighted by atomic mass is 9.82. The van der Waals surface area contributed by atoms with Gasteiger partial charge in [0.2, 0.25) is 0 Å². The zero-order valence-corrected chi connectivity index (χ0v) is 16.6. The van der Waals surface area contributed by atoms with Gasteiger partial charge in [-0.25, -0.2) is 0 Å². The molecule has 2 aliphatic heterocycles. The van der Waals surface area contributed by atoms with Gasteiger partial charge in [-0.3, -0.25) is 9.59 Å². The summed E-state index contributed by atoms with van der Waals surface area (Å²) in [4.78, 5) is 24.6. The van der Waals surface area contributed by atoms with Gasteiger partial charge < -0.3 is 18.9 Å². The number of hydrogen-bond donors (Lipinski definition) is 0. The van der Waals surface area contributed by atoms with Crippen molar-refractivity contribution in [3.63, 3.8) is 0 Å². The predicted molar refractivity (Wildman–Crippen MR) is 99.4 cm³/mol. The number of carbonyl (C=O) groups excluding carboxylic acids is 2. The highest BCUT2D eigenvalue weighted by atomic mass is 16.6. The van der Waals surface area contributed by atoms with E-state index in [-0.39, 0.29) is 23.8 Å². The predicted octanol–water partition coefficient (Wildman–Crippen LogP) is 3.01. The normalized spacial score (nSPS) is 44.0. The highest BCUT2D eigenvalue weighted by Crippen LogP contribution is 2.41. The third-order valence-electron chi connectivity index (χ3n) is 7.56. The summed E-state index contributed by atoms with van der Waals surface area (Å²) in [5, 5.41) is 0. The second-order valence-corrected chi connectivity index (χ2v) is 9.59. The topological polar surface area (TPSA) is 77.7 Å². The second kappa shape index (κ2) is 7.94. The molecule has 0 spiro atoms. The van der Waals surface area contributed by atoms with Crippen LogP contribution in [-0.2, 0) is 28.5 Å². The average molecular weight is 392 g/mol. The van der Waals surface area contributed by atoms with Crippen LogP contribution in [0.1, 0.15) is 64.2 Å². The van der Waals surface area contributed by atoms with Crippen molar-refractivity contribution < 1.29 is 28.5 Å². The molecule has 28 heavy (non-hydrogen) atoms. The molecule has 5 aliphatic rings. The molecule has 0 radical (unpaired) electrons. The van der Waals surface area contributed by atoms with Crippen LogP contribution in [0, 0.1) is 23.7 Å². The van der Waals surface area contributed by atoms with E-state index in [1.807, 2.05) is 0 Å². The highest BCUT2D eigenvalue weighted by molar-refractivity contribution is 5.73. The van der Waals surface area contributed by atoms with Crippen molar-refractivity contribution in [1.82, 2.24) is 0 Å². The molecule has 0 aromatic carbocycles. The van der Waals surface area contributed by atoms with Gasteiger partial charge in [0.05, 0.1) is 49.5 Å². The molecule has 6 atom stereocenters. The molecule has 0 amide bonds. The third-order valence-corrected chi connectivity index (χ3v) is 7.56. The first-order valence-electron chi connectivity index (χ1n) is 11.3. The van der Waals surface area contributed by atoms with E-state index in [1.165, 1.54) is 0 Å². The van der Waals surface area contributed by atoms with E-state index >= 15 is 0 Å². The summed E-state index contributed by atoms with van der Waals surface area (Å²) in [5.74, 6) is 0.920. The molecule has 0 aromatic rings. The van der Waals surface area contributed by atoms with Crippen LogP contribution in [-0.4, -0.2) is 49.6 Å². The van der Waals surface area contributed by atoms with Gasteiger partial charge in [-0.2, -0.15) is 0 Å². The minimum atomic E-state index is -0.0284. The molecule has 5 fully saturated rings. The summed E-state index contributed by atoms with van der Waals surface area (Å²) >= 11 is 0. The van der Waals surface area contributed by atoms with E-state index in [9.17, 15) is 9.59 Å². The summed E-state index contributed by atoms with van der Waals surface area (Å²) in [6.07, 6.45) is 11.2. The van der Waals surface area contributed by atoms with E-state index in [4.69, 9.17) is 18.9 Å². The van der Waals surface area contributed by atoms with Crippen LogP contribution in [0.2, 0.25) is 0 Å². The van der Waals surface area contributed by atoms with Crippen molar-refractivity contribution in [2.24, 2.45) is 23.7 Å². The molecular formula is C22H32O6. The fourth-order valence-electron chi connectivity index (χ4n) is 5.44. The first-order valence-corrected chi connectivity index (χ1v) is 11.3. The third kappa shape index (κ3) is 4.38. The summed E-state index contributed by atoms with van der Waals surface area (Å²) in [6.45, 7) is 1.09. The Bertz CT molecular complexity index is 546. The first-order chi connectivity index (χ1) is 13.7. The van der Waals surface area contributed by atoms with Gasteiger partial charge in [0, 0.05) is 0 Å². The van der Waals surface area contributed by atoms with Crippen LogP contribution in [0.3, 0.4) is 0 Å². The average Bonchev–Trinajstić information content (AvgIpc) is 3.63. The van der Waals surface area contributed by atoms with Gasteiger partial charge in [0.1, 0.15) is 0 Å². The Labute approximate surface area is 166 Å². The van der Waals surface area contributed by atoms with Crippen LogP contribution in [0.25, 0.3) is 0 Å². The molecule has 0 aromatic heterocycles. The maximum Gasteiger partial charge on any atom is 0.309 e. The van der Waals surface area contributed by atoms with Gasteiger partial charge in [0.15, 0.2) is 0 Å². The molecule has 6 heteroatoms. The molecule has 0 N–H and O–H groups in total. The molecule has 2 saturated heterocycles.